The van der Waals surface area contributed by atoms with Gasteiger partial charge in [-0.15, -0.1) is 0 Å². The van der Waals surface area contributed by atoms with Crippen LogP contribution >= 0.6 is 15.9 Å². The number of ether oxygens (including phenoxy) is 1. The van der Waals surface area contributed by atoms with Gasteiger partial charge in [0.2, 0.25) is 0 Å². The van der Waals surface area contributed by atoms with Crippen LogP contribution in [0.4, 0.5) is 0 Å². The van der Waals surface area contributed by atoms with Crippen LogP contribution in [0.3, 0.4) is 0 Å². The number of aromatic amines is 1. The summed E-state index contributed by atoms with van der Waals surface area (Å²) in [6.07, 6.45) is 3.07. The van der Waals surface area contributed by atoms with E-state index in [-0.39, 0.29) is 5.41 Å². The molecule has 1 N–H and O–H groups in total. The van der Waals surface area contributed by atoms with E-state index in [2.05, 4.69) is 57.0 Å². The monoisotopic (exact) mass is 453 g/mol. The van der Waals surface area contributed by atoms with Crippen LogP contribution in [0.1, 0.15) is 29.8 Å². The first-order valence-corrected chi connectivity index (χ1v) is 10.2. The molecule has 0 aliphatic rings. The Morgan fingerprint density at radius 3 is 2.76 bits per heavy atom. The van der Waals surface area contributed by atoms with Crippen molar-refractivity contribution >= 4 is 32.9 Å². The SMILES string of the molecule is COC(=O)c1ccc(-n2cncn2)c(-c2nc3ccc(C(C)(C)CBr)cc3[nH]2)c1. The van der Waals surface area contributed by atoms with Crippen molar-refractivity contribution in [1.29, 1.82) is 0 Å². The topological polar surface area (TPSA) is 85.7 Å². The number of nitrogens with one attached hydrogen (secondary N) is 1. The molecule has 4 aromatic rings. The average molecular weight is 454 g/mol. The number of carbonyl (C=O) groups excluding carboxylic acids is 1. The summed E-state index contributed by atoms with van der Waals surface area (Å²) in [5.41, 5.74) is 4.91. The number of nitrogens with zero attached hydrogens (tertiary/aromatic N) is 4. The van der Waals surface area contributed by atoms with Crippen molar-refractivity contribution < 1.29 is 9.53 Å². The first kappa shape index (κ1) is 19.3. The van der Waals surface area contributed by atoms with Crippen molar-refractivity contribution in [3.8, 4) is 17.1 Å². The van der Waals surface area contributed by atoms with E-state index in [1.165, 1.54) is 19.0 Å². The standard InChI is InChI=1S/C21H20BrN5O2/c1-21(2,10-22)14-5-6-16-17(9-14)26-19(25-16)15-8-13(20(28)29-3)4-7-18(15)27-12-23-11-24-27/h4-9,11-12H,10H2,1-3H3,(H,25,26). The van der Waals surface area contributed by atoms with Crippen molar-refractivity contribution in [2.45, 2.75) is 19.3 Å². The zero-order chi connectivity index (χ0) is 20.6. The van der Waals surface area contributed by atoms with Gasteiger partial charge in [0.15, 0.2) is 0 Å². The van der Waals surface area contributed by atoms with Gasteiger partial charge in [-0.05, 0) is 41.3 Å². The second-order valence-corrected chi connectivity index (χ2v) is 7.96. The average Bonchev–Trinajstić information content (AvgIpc) is 3.41. The third kappa shape index (κ3) is 3.55. The van der Waals surface area contributed by atoms with Gasteiger partial charge in [-0.1, -0.05) is 35.8 Å². The van der Waals surface area contributed by atoms with Gasteiger partial charge in [-0.25, -0.2) is 19.4 Å². The first-order chi connectivity index (χ1) is 13.9. The Labute approximate surface area is 176 Å². The molecular formula is C21H20BrN5O2. The number of fused-ring (bicyclic) bond motifs is 1. The lowest BCUT2D eigenvalue weighted by Gasteiger charge is -2.22. The summed E-state index contributed by atoms with van der Waals surface area (Å²) in [6, 6.07) is 11.5. The molecule has 29 heavy (non-hydrogen) atoms. The number of hydrogen-bond acceptors (Lipinski definition) is 5. The summed E-state index contributed by atoms with van der Waals surface area (Å²) in [5.74, 6) is 0.235. The highest BCUT2D eigenvalue weighted by Crippen LogP contribution is 2.31. The van der Waals surface area contributed by atoms with E-state index in [1.807, 2.05) is 12.1 Å². The largest absolute Gasteiger partial charge is 0.465 e. The molecule has 7 nitrogen and oxygen atoms in total. The highest BCUT2D eigenvalue weighted by atomic mass is 79.9. The Kier molecular flexibility index (Phi) is 4.96. The zero-order valence-electron chi connectivity index (χ0n) is 16.3. The van der Waals surface area contributed by atoms with Gasteiger partial charge in [0.05, 0.1) is 29.4 Å². The molecule has 0 radical (unpaired) electrons. The molecule has 8 heteroatoms. The van der Waals surface area contributed by atoms with Gasteiger partial charge < -0.3 is 9.72 Å². The number of carbonyl (C=O) groups is 1. The van der Waals surface area contributed by atoms with Crippen LogP contribution in [0, 0.1) is 0 Å². The molecule has 0 saturated heterocycles. The summed E-state index contributed by atoms with van der Waals surface area (Å²) in [7, 11) is 1.36. The predicted molar refractivity (Wildman–Crippen MR) is 115 cm³/mol. The van der Waals surface area contributed by atoms with E-state index in [0.29, 0.717) is 11.4 Å². The van der Waals surface area contributed by atoms with Crippen molar-refractivity contribution in [1.82, 2.24) is 24.7 Å². The highest BCUT2D eigenvalue weighted by Gasteiger charge is 2.21. The third-order valence-corrected chi connectivity index (χ3v) is 6.34. The molecule has 0 spiro atoms. The number of hydrogen-bond donors (Lipinski definition) is 1. The predicted octanol–water partition coefficient (Wildman–Crippen LogP) is 4.27. The maximum atomic E-state index is 12.1. The Bertz CT molecular complexity index is 1180. The van der Waals surface area contributed by atoms with Crippen LogP contribution in [0.2, 0.25) is 0 Å². The molecular weight excluding hydrogens is 434 g/mol. The Morgan fingerprint density at radius 2 is 2.07 bits per heavy atom. The molecule has 2 heterocycles. The lowest BCUT2D eigenvalue weighted by molar-refractivity contribution is 0.0601. The van der Waals surface area contributed by atoms with Gasteiger partial charge in [0.1, 0.15) is 18.5 Å². The van der Waals surface area contributed by atoms with E-state index in [9.17, 15) is 4.79 Å². The third-order valence-electron chi connectivity index (χ3n) is 4.94. The van der Waals surface area contributed by atoms with E-state index < -0.39 is 5.97 Å². The van der Waals surface area contributed by atoms with Gasteiger partial charge in [-0.3, -0.25) is 0 Å². The minimum Gasteiger partial charge on any atom is -0.465 e. The van der Waals surface area contributed by atoms with Crippen molar-refractivity contribution in [3.05, 3.63) is 60.2 Å². The van der Waals surface area contributed by atoms with E-state index >= 15 is 0 Å². The second kappa shape index (κ2) is 7.44. The molecule has 0 unspecified atom stereocenters. The number of alkyl halides is 1. The van der Waals surface area contributed by atoms with Crippen molar-refractivity contribution in [3.63, 3.8) is 0 Å². The molecule has 2 aromatic heterocycles. The summed E-state index contributed by atoms with van der Waals surface area (Å²) in [6.45, 7) is 4.37. The summed E-state index contributed by atoms with van der Waals surface area (Å²) in [4.78, 5) is 24.2. The fraction of sp³-hybridized carbons (Fsp3) is 0.238. The smallest absolute Gasteiger partial charge is 0.337 e. The fourth-order valence-electron chi connectivity index (χ4n) is 3.14. The van der Waals surface area contributed by atoms with E-state index in [0.717, 1.165) is 27.6 Å². The van der Waals surface area contributed by atoms with E-state index in [1.54, 1.807) is 23.1 Å². The second-order valence-electron chi connectivity index (χ2n) is 7.40. The number of H-pyrrole nitrogens is 1. The molecule has 2 aromatic carbocycles. The van der Waals surface area contributed by atoms with Gasteiger partial charge in [0.25, 0.3) is 0 Å². The minimum atomic E-state index is -0.408. The minimum absolute atomic E-state index is 0.00382. The normalized spacial score (nSPS) is 11.7. The number of imidazole rings is 1. The summed E-state index contributed by atoms with van der Waals surface area (Å²) in [5, 5.41) is 5.07. The molecule has 148 valence electrons. The quantitative estimate of drug-likeness (QED) is 0.360. The molecule has 0 saturated carbocycles. The van der Waals surface area contributed by atoms with Crippen LogP contribution in [0.25, 0.3) is 28.1 Å². The zero-order valence-corrected chi connectivity index (χ0v) is 17.9. The lowest BCUT2D eigenvalue weighted by Crippen LogP contribution is -2.18. The van der Waals surface area contributed by atoms with Crippen molar-refractivity contribution in [2.75, 3.05) is 12.4 Å². The number of methoxy groups -OCH3 is 1. The maximum absolute atomic E-state index is 12.1. The van der Waals surface area contributed by atoms with Crippen LogP contribution in [-0.4, -0.2) is 43.1 Å². The maximum Gasteiger partial charge on any atom is 0.337 e. The Balaban J connectivity index is 1.88. The number of aromatic nitrogens is 5. The number of benzene rings is 2. The van der Waals surface area contributed by atoms with Crippen LogP contribution < -0.4 is 0 Å². The number of halogens is 1. The van der Waals surface area contributed by atoms with Crippen LogP contribution in [-0.2, 0) is 10.2 Å². The lowest BCUT2D eigenvalue weighted by atomic mass is 9.87. The van der Waals surface area contributed by atoms with Gasteiger partial charge >= 0.3 is 5.97 Å². The van der Waals surface area contributed by atoms with Gasteiger partial charge in [-0.2, -0.15) is 5.10 Å². The van der Waals surface area contributed by atoms with E-state index in [4.69, 9.17) is 9.72 Å². The molecule has 0 atom stereocenters. The van der Waals surface area contributed by atoms with Gasteiger partial charge in [0, 0.05) is 10.9 Å². The number of esters is 1. The molecule has 0 fully saturated rings. The molecule has 0 bridgehead atoms. The fourth-order valence-corrected chi connectivity index (χ4v) is 3.46. The first-order valence-electron chi connectivity index (χ1n) is 9.07. The molecule has 0 aliphatic carbocycles. The van der Waals surface area contributed by atoms with Crippen LogP contribution in [0.5, 0.6) is 0 Å². The summed E-state index contributed by atoms with van der Waals surface area (Å²) < 4.78 is 6.52. The molecule has 4 rings (SSSR count). The Hall–Kier alpha value is -3.00. The highest BCUT2D eigenvalue weighted by molar-refractivity contribution is 9.09. The Morgan fingerprint density at radius 1 is 1.24 bits per heavy atom. The van der Waals surface area contributed by atoms with Crippen LogP contribution in [0.15, 0.2) is 49.1 Å². The summed E-state index contributed by atoms with van der Waals surface area (Å²) >= 11 is 3.59. The molecule has 0 amide bonds. The molecule has 0 aliphatic heterocycles. The number of rotatable bonds is 5. The van der Waals surface area contributed by atoms with Crippen molar-refractivity contribution in [2.24, 2.45) is 0 Å².